The first-order valence-corrected chi connectivity index (χ1v) is 9.50. The van der Waals surface area contributed by atoms with Crippen LogP contribution in [0.1, 0.15) is 42.8 Å². The molecule has 1 fully saturated rings. The molecule has 0 N–H and O–H groups in total. The minimum Gasteiger partial charge on any atom is -0.381 e. The molecule has 0 aromatic carbocycles. The van der Waals surface area contributed by atoms with Crippen molar-refractivity contribution >= 4 is 17.5 Å². The first-order chi connectivity index (χ1) is 13.0. The molecule has 8 nitrogen and oxygen atoms in total. The highest BCUT2D eigenvalue weighted by Crippen LogP contribution is 2.34. The van der Waals surface area contributed by atoms with Crippen LogP contribution in [-0.2, 0) is 22.5 Å². The average molecular weight is 370 g/mol. The molecule has 27 heavy (non-hydrogen) atoms. The zero-order valence-electron chi connectivity index (χ0n) is 16.2. The van der Waals surface area contributed by atoms with Crippen molar-refractivity contribution in [1.29, 1.82) is 0 Å². The van der Waals surface area contributed by atoms with E-state index >= 15 is 0 Å². The van der Waals surface area contributed by atoms with Crippen LogP contribution in [0.3, 0.4) is 0 Å². The fraction of sp³-hybridized carbons (Fsp3) is 0.579. The molecule has 0 aliphatic carbocycles. The molecule has 8 heteroatoms. The second kappa shape index (κ2) is 7.26. The zero-order valence-corrected chi connectivity index (χ0v) is 16.2. The molecule has 1 amide bonds. The van der Waals surface area contributed by atoms with Crippen LogP contribution in [0.25, 0.3) is 0 Å². The van der Waals surface area contributed by atoms with E-state index in [1.165, 1.54) is 5.69 Å². The molecule has 2 aromatic heterocycles. The molecule has 0 saturated carbocycles. The van der Waals surface area contributed by atoms with Crippen LogP contribution < -0.4 is 4.90 Å². The van der Waals surface area contributed by atoms with Crippen molar-refractivity contribution < 1.29 is 9.53 Å². The Hall–Kier alpha value is -2.48. The Kier molecular flexibility index (Phi) is 4.82. The Balaban J connectivity index is 1.74. The van der Waals surface area contributed by atoms with Gasteiger partial charge < -0.3 is 14.5 Å². The van der Waals surface area contributed by atoms with Crippen LogP contribution in [0.5, 0.6) is 0 Å². The lowest BCUT2D eigenvalue weighted by molar-refractivity contribution is -0.129. The summed E-state index contributed by atoms with van der Waals surface area (Å²) in [5.41, 5.74) is 3.24. The first-order valence-electron chi connectivity index (χ1n) is 9.50. The van der Waals surface area contributed by atoms with Gasteiger partial charge in [0.05, 0.1) is 30.7 Å². The third-order valence-corrected chi connectivity index (χ3v) is 5.48. The number of fused-ring (bicyclic) bond motifs is 1. The van der Waals surface area contributed by atoms with Gasteiger partial charge in [-0.25, -0.2) is 4.98 Å². The summed E-state index contributed by atoms with van der Waals surface area (Å²) in [6.45, 7) is 6.42. The van der Waals surface area contributed by atoms with Gasteiger partial charge in [-0.1, -0.05) is 0 Å². The molecule has 0 radical (unpaired) electrons. The molecule has 1 saturated heterocycles. The van der Waals surface area contributed by atoms with Crippen LogP contribution in [0.4, 0.5) is 11.6 Å². The highest BCUT2D eigenvalue weighted by atomic mass is 16.5. The predicted octanol–water partition coefficient (Wildman–Crippen LogP) is 2.01. The number of carbonyl (C=O) groups is 1. The first kappa shape index (κ1) is 17.9. The average Bonchev–Trinajstić information content (AvgIpc) is 3.07. The molecule has 4 rings (SSSR count). The van der Waals surface area contributed by atoms with Gasteiger partial charge in [0.25, 0.3) is 0 Å². The van der Waals surface area contributed by atoms with Crippen molar-refractivity contribution in [2.24, 2.45) is 0 Å². The van der Waals surface area contributed by atoms with Crippen molar-refractivity contribution in [1.82, 2.24) is 24.6 Å². The topological polar surface area (TPSA) is 76.4 Å². The molecule has 0 unspecified atom stereocenters. The number of hydrogen-bond donors (Lipinski definition) is 0. The maximum absolute atomic E-state index is 12.0. The number of hydrogen-bond acceptors (Lipinski definition) is 6. The summed E-state index contributed by atoms with van der Waals surface area (Å²) in [6.07, 6.45) is 6.29. The summed E-state index contributed by atoms with van der Waals surface area (Å²) in [4.78, 5) is 24.7. The normalized spacial score (nSPS) is 17.7. The van der Waals surface area contributed by atoms with E-state index in [4.69, 9.17) is 9.84 Å². The molecule has 0 bridgehead atoms. The van der Waals surface area contributed by atoms with Gasteiger partial charge in [0.1, 0.15) is 0 Å². The summed E-state index contributed by atoms with van der Waals surface area (Å²) in [5.74, 6) is 1.71. The molecule has 2 aliphatic heterocycles. The molecular weight excluding hydrogens is 344 g/mol. The van der Waals surface area contributed by atoms with Gasteiger partial charge in [0, 0.05) is 51.4 Å². The Morgan fingerprint density at radius 2 is 2.04 bits per heavy atom. The molecule has 2 aliphatic rings. The monoisotopic (exact) mass is 370 g/mol. The lowest BCUT2D eigenvalue weighted by Gasteiger charge is -2.29. The summed E-state index contributed by atoms with van der Waals surface area (Å²) in [6, 6.07) is 0.350. The highest BCUT2D eigenvalue weighted by Gasteiger charge is 2.31. The SMILES string of the molecule is CC(=O)N1CCc2c(c(N(C)c3cnc(C)cn3)nn2C2CCOCC2)C1. The van der Waals surface area contributed by atoms with Crippen LogP contribution in [0.2, 0.25) is 0 Å². The van der Waals surface area contributed by atoms with Gasteiger partial charge in [0.15, 0.2) is 11.6 Å². The van der Waals surface area contributed by atoms with Crippen LogP contribution in [0, 0.1) is 6.92 Å². The zero-order chi connectivity index (χ0) is 19.0. The Morgan fingerprint density at radius 3 is 2.70 bits per heavy atom. The third kappa shape index (κ3) is 3.41. The number of aryl methyl sites for hydroxylation is 1. The van der Waals surface area contributed by atoms with E-state index in [0.29, 0.717) is 12.6 Å². The number of carbonyl (C=O) groups excluding carboxylic acids is 1. The molecule has 0 atom stereocenters. The fourth-order valence-corrected chi connectivity index (χ4v) is 3.87. The van der Waals surface area contributed by atoms with Crippen LogP contribution >= 0.6 is 0 Å². The number of anilines is 2. The molecule has 144 valence electrons. The maximum atomic E-state index is 12.0. The molecule has 4 heterocycles. The van der Waals surface area contributed by atoms with Crippen molar-refractivity contribution in [3.05, 3.63) is 29.3 Å². The van der Waals surface area contributed by atoms with E-state index in [1.54, 1.807) is 19.3 Å². The van der Waals surface area contributed by atoms with Gasteiger partial charge in [0.2, 0.25) is 5.91 Å². The maximum Gasteiger partial charge on any atom is 0.219 e. The Bertz CT molecular complexity index is 825. The lowest BCUT2D eigenvalue weighted by atomic mass is 10.0. The smallest absolute Gasteiger partial charge is 0.219 e. The van der Waals surface area contributed by atoms with Gasteiger partial charge in [-0.05, 0) is 19.8 Å². The largest absolute Gasteiger partial charge is 0.381 e. The molecular formula is C19H26N6O2. The number of aromatic nitrogens is 4. The van der Waals surface area contributed by atoms with Gasteiger partial charge in [-0.3, -0.25) is 14.5 Å². The van der Waals surface area contributed by atoms with Crippen LogP contribution in [-0.4, -0.2) is 57.4 Å². The highest BCUT2D eigenvalue weighted by molar-refractivity contribution is 5.74. The van der Waals surface area contributed by atoms with Crippen molar-refractivity contribution in [2.45, 2.75) is 45.7 Å². The Labute approximate surface area is 159 Å². The van der Waals surface area contributed by atoms with Gasteiger partial charge in [-0.15, -0.1) is 0 Å². The number of ether oxygens (including phenoxy) is 1. The van der Waals surface area contributed by atoms with Crippen molar-refractivity contribution in [3.8, 4) is 0 Å². The fourth-order valence-electron chi connectivity index (χ4n) is 3.87. The second-order valence-electron chi connectivity index (χ2n) is 7.30. The lowest BCUT2D eigenvalue weighted by Crippen LogP contribution is -2.35. The van der Waals surface area contributed by atoms with Crippen molar-refractivity contribution in [2.75, 3.05) is 31.7 Å². The predicted molar refractivity (Wildman–Crippen MR) is 101 cm³/mol. The minimum absolute atomic E-state index is 0.100. The standard InChI is InChI=1S/C19H26N6O2/c1-13-10-21-18(11-20-13)23(3)19-16-12-24(14(2)26)7-4-17(16)25(22-19)15-5-8-27-9-6-15/h10-11,15H,4-9,12H2,1-3H3. The van der Waals surface area contributed by atoms with E-state index in [1.807, 2.05) is 23.8 Å². The summed E-state index contributed by atoms with van der Waals surface area (Å²) < 4.78 is 7.71. The number of amides is 1. The minimum atomic E-state index is 0.100. The molecule has 0 spiro atoms. The van der Waals surface area contributed by atoms with Gasteiger partial charge in [-0.2, -0.15) is 5.10 Å². The molecule has 2 aromatic rings. The number of nitrogens with zero attached hydrogens (tertiary/aromatic N) is 6. The Morgan fingerprint density at radius 1 is 1.26 bits per heavy atom. The quantitative estimate of drug-likeness (QED) is 0.823. The van der Waals surface area contributed by atoms with E-state index in [9.17, 15) is 4.79 Å². The van der Waals surface area contributed by atoms with E-state index in [2.05, 4.69) is 14.6 Å². The van der Waals surface area contributed by atoms with Crippen molar-refractivity contribution in [3.63, 3.8) is 0 Å². The van der Waals surface area contributed by atoms with Crippen LogP contribution in [0.15, 0.2) is 12.4 Å². The summed E-state index contributed by atoms with van der Waals surface area (Å²) in [7, 11) is 1.96. The third-order valence-electron chi connectivity index (χ3n) is 5.48. The van der Waals surface area contributed by atoms with E-state index in [-0.39, 0.29) is 5.91 Å². The van der Waals surface area contributed by atoms with E-state index in [0.717, 1.165) is 61.9 Å². The number of rotatable bonds is 3. The summed E-state index contributed by atoms with van der Waals surface area (Å²) >= 11 is 0. The van der Waals surface area contributed by atoms with E-state index < -0.39 is 0 Å². The van der Waals surface area contributed by atoms with Gasteiger partial charge >= 0.3 is 0 Å². The second-order valence-corrected chi connectivity index (χ2v) is 7.30. The summed E-state index contributed by atoms with van der Waals surface area (Å²) in [5, 5.41) is 4.99.